The molecule has 1 saturated heterocycles. The molecular formula is C32H26N6O9S2. The number of carboxylic acids is 2. The van der Waals surface area contributed by atoms with Gasteiger partial charge in [0.25, 0.3) is 17.9 Å². The molecule has 2 aliphatic rings. The highest BCUT2D eigenvalue weighted by molar-refractivity contribution is 8.00. The number of thiazole rings is 1. The lowest BCUT2D eigenvalue weighted by Crippen LogP contribution is -2.71. The molecule has 3 atom stereocenters. The first-order valence-corrected chi connectivity index (χ1v) is 16.4. The van der Waals surface area contributed by atoms with Gasteiger partial charge in [0, 0.05) is 22.7 Å². The van der Waals surface area contributed by atoms with Gasteiger partial charge in [-0.2, -0.15) is 0 Å². The number of allylic oxidation sites excluding steroid dienone is 2. The molecule has 0 saturated carbocycles. The number of aromatic hydroxyl groups is 2. The summed E-state index contributed by atoms with van der Waals surface area (Å²) in [5.74, 6) is -5.69. The molecule has 0 bridgehead atoms. The van der Waals surface area contributed by atoms with E-state index in [1.54, 1.807) is 12.3 Å². The summed E-state index contributed by atoms with van der Waals surface area (Å²) in [6.07, 6.45) is 3.75. The fraction of sp³-hybridized carbons (Fsp3) is 0.156. The standard InChI is InChI=1S/C32H26N6O9S2/c33-32-35-20(14-49-32)22(37-47-26(31(45)46)18-7-2-8-21(39)25(18)40)27(41)36-23-28(42)38-24(30(43)44)17(13-48-29(23)38)5-1-4-15-9-10-16-6-3-11-34-19(16)12-15/h1-3,5-12,14,23,26,29,39-40H,4,13H2,(H2,33,35)(H,36,41)(H,43,44)(H,45,46). The lowest BCUT2D eigenvalue weighted by Gasteiger charge is -2.49. The van der Waals surface area contributed by atoms with E-state index in [9.17, 15) is 39.6 Å². The van der Waals surface area contributed by atoms with Crippen LogP contribution in [0, 0.1) is 0 Å². The van der Waals surface area contributed by atoms with Crippen molar-refractivity contribution >= 4 is 68.6 Å². The van der Waals surface area contributed by atoms with Crippen molar-refractivity contribution in [3.8, 4) is 11.5 Å². The molecule has 3 unspecified atom stereocenters. The number of carboxylic acid groups (broad SMARTS) is 2. The van der Waals surface area contributed by atoms with Gasteiger partial charge in [0.2, 0.25) is 0 Å². The first-order chi connectivity index (χ1) is 23.5. The summed E-state index contributed by atoms with van der Waals surface area (Å²) in [7, 11) is 0. The number of fused-ring (bicyclic) bond motifs is 2. The Balaban J connectivity index is 1.20. The molecule has 7 N–H and O–H groups in total. The van der Waals surface area contributed by atoms with Crippen LogP contribution in [0.4, 0.5) is 5.13 Å². The minimum atomic E-state index is -1.95. The fourth-order valence-electron chi connectivity index (χ4n) is 5.26. The van der Waals surface area contributed by atoms with Gasteiger partial charge in [0.1, 0.15) is 22.8 Å². The Morgan fingerprint density at radius 2 is 1.98 bits per heavy atom. The van der Waals surface area contributed by atoms with Crippen molar-refractivity contribution < 1.29 is 44.4 Å². The Kier molecular flexibility index (Phi) is 9.19. The van der Waals surface area contributed by atoms with E-state index in [1.165, 1.54) is 29.3 Å². The lowest BCUT2D eigenvalue weighted by atomic mass is 10.0. The number of nitrogens with zero attached hydrogens (tertiary/aromatic N) is 4. The number of anilines is 1. The average molecular weight is 703 g/mol. The zero-order chi connectivity index (χ0) is 34.8. The molecule has 2 aromatic heterocycles. The maximum Gasteiger partial charge on any atom is 0.352 e. The maximum absolute atomic E-state index is 13.5. The predicted molar refractivity (Wildman–Crippen MR) is 179 cm³/mol. The highest BCUT2D eigenvalue weighted by atomic mass is 32.2. The molecule has 250 valence electrons. The molecule has 0 spiro atoms. The summed E-state index contributed by atoms with van der Waals surface area (Å²) in [5, 5.41) is 47.7. The van der Waals surface area contributed by atoms with Crippen LogP contribution in [0.25, 0.3) is 10.9 Å². The van der Waals surface area contributed by atoms with Gasteiger partial charge in [-0.3, -0.25) is 19.5 Å². The summed E-state index contributed by atoms with van der Waals surface area (Å²) in [4.78, 5) is 65.8. The second-order valence-electron chi connectivity index (χ2n) is 10.7. The van der Waals surface area contributed by atoms with Crippen LogP contribution in [0.5, 0.6) is 11.5 Å². The molecule has 4 heterocycles. The zero-order valence-electron chi connectivity index (χ0n) is 25.1. The van der Waals surface area contributed by atoms with Crippen LogP contribution in [-0.2, 0) is 30.4 Å². The molecule has 2 amide bonds. The number of benzene rings is 2. The molecule has 4 aromatic rings. The number of aromatic nitrogens is 2. The second-order valence-corrected chi connectivity index (χ2v) is 12.7. The molecule has 6 rings (SSSR count). The number of phenolic OH excluding ortho intramolecular Hbond substituents is 2. The van der Waals surface area contributed by atoms with Crippen LogP contribution in [0.15, 0.2) is 88.7 Å². The third-order valence-corrected chi connectivity index (χ3v) is 9.59. The molecule has 2 aliphatic heterocycles. The van der Waals surface area contributed by atoms with Crippen molar-refractivity contribution in [3.05, 3.63) is 100 Å². The van der Waals surface area contributed by atoms with Gasteiger partial charge in [0.15, 0.2) is 22.3 Å². The van der Waals surface area contributed by atoms with Crippen LogP contribution in [0.3, 0.4) is 0 Å². The molecule has 0 aliphatic carbocycles. The Hall–Kier alpha value is -5.94. The minimum Gasteiger partial charge on any atom is -0.504 e. The number of aliphatic carboxylic acids is 2. The number of pyridine rings is 1. The average Bonchev–Trinajstić information content (AvgIpc) is 3.51. The van der Waals surface area contributed by atoms with Gasteiger partial charge in [-0.1, -0.05) is 47.6 Å². The number of amides is 2. The van der Waals surface area contributed by atoms with Gasteiger partial charge in [-0.25, -0.2) is 14.6 Å². The number of hydrogen-bond acceptors (Lipinski definition) is 13. The Morgan fingerprint density at radius 1 is 1.16 bits per heavy atom. The van der Waals surface area contributed by atoms with Crippen molar-refractivity contribution in [2.45, 2.75) is 23.9 Å². The Bertz CT molecular complexity index is 2100. The van der Waals surface area contributed by atoms with E-state index in [-0.39, 0.29) is 27.8 Å². The van der Waals surface area contributed by atoms with Gasteiger partial charge in [-0.15, -0.1) is 23.1 Å². The molecule has 15 nitrogen and oxygen atoms in total. The summed E-state index contributed by atoms with van der Waals surface area (Å²) in [5.41, 5.74) is 6.80. The number of nitrogens with one attached hydrogen (secondary N) is 1. The molecule has 17 heteroatoms. The Labute approximate surface area is 285 Å². The molecule has 0 radical (unpaired) electrons. The number of oxime groups is 1. The summed E-state index contributed by atoms with van der Waals surface area (Å²) in [6.45, 7) is 0. The molecule has 2 aromatic carbocycles. The van der Waals surface area contributed by atoms with E-state index in [1.807, 2.05) is 36.4 Å². The van der Waals surface area contributed by atoms with Crippen LogP contribution in [-0.4, -0.2) is 81.9 Å². The van der Waals surface area contributed by atoms with E-state index in [4.69, 9.17) is 10.6 Å². The number of hydrogen-bond donors (Lipinski definition) is 6. The van der Waals surface area contributed by atoms with Gasteiger partial charge >= 0.3 is 11.9 Å². The van der Waals surface area contributed by atoms with Crippen LogP contribution >= 0.6 is 23.1 Å². The number of para-hydroxylation sites is 1. The Morgan fingerprint density at radius 3 is 2.71 bits per heavy atom. The van der Waals surface area contributed by atoms with Crippen molar-refractivity contribution in [3.63, 3.8) is 0 Å². The zero-order valence-corrected chi connectivity index (χ0v) is 26.7. The first kappa shape index (κ1) is 33.0. The van der Waals surface area contributed by atoms with E-state index >= 15 is 0 Å². The monoisotopic (exact) mass is 702 g/mol. The SMILES string of the molecule is Nc1nc(C(=NOC(C(=O)O)c2cccc(O)c2O)C(=O)NC2C(=O)N3C(C(=O)O)=C(C=CCc4ccc5cccnc5c4)CSC23)cs1. The highest BCUT2D eigenvalue weighted by Crippen LogP contribution is 2.41. The topological polar surface area (TPSA) is 238 Å². The minimum absolute atomic E-state index is 0.0544. The van der Waals surface area contributed by atoms with Crippen molar-refractivity contribution in [1.29, 1.82) is 0 Å². The smallest absolute Gasteiger partial charge is 0.352 e. The van der Waals surface area contributed by atoms with E-state index in [2.05, 4.69) is 20.4 Å². The van der Waals surface area contributed by atoms with E-state index < -0.39 is 58.5 Å². The summed E-state index contributed by atoms with van der Waals surface area (Å²) < 4.78 is 0. The highest BCUT2D eigenvalue weighted by Gasteiger charge is 2.54. The van der Waals surface area contributed by atoms with E-state index in [0.717, 1.165) is 38.8 Å². The number of thioether (sulfide) groups is 1. The predicted octanol–water partition coefficient (Wildman–Crippen LogP) is 2.77. The van der Waals surface area contributed by atoms with Crippen LogP contribution in [0.2, 0.25) is 0 Å². The summed E-state index contributed by atoms with van der Waals surface area (Å²) in [6, 6.07) is 12.1. The van der Waals surface area contributed by atoms with Crippen molar-refractivity contribution in [2.75, 3.05) is 11.5 Å². The quantitative estimate of drug-likeness (QED) is 0.0571. The normalized spacial score (nSPS) is 18.2. The summed E-state index contributed by atoms with van der Waals surface area (Å²) >= 11 is 2.21. The number of β-lactam (4-membered cyclic amide) rings is 1. The van der Waals surface area contributed by atoms with Crippen LogP contribution in [0.1, 0.15) is 22.9 Å². The number of carbonyl (C=O) groups excluding carboxylic acids is 2. The molecular weight excluding hydrogens is 677 g/mol. The lowest BCUT2D eigenvalue weighted by molar-refractivity contribution is -0.151. The third kappa shape index (κ3) is 6.61. The van der Waals surface area contributed by atoms with E-state index in [0.29, 0.717) is 12.0 Å². The second kappa shape index (κ2) is 13.7. The van der Waals surface area contributed by atoms with Gasteiger partial charge in [-0.05, 0) is 35.8 Å². The molecule has 1 fully saturated rings. The fourth-order valence-corrected chi connectivity index (χ4v) is 7.12. The number of rotatable bonds is 11. The number of phenols is 2. The third-order valence-electron chi connectivity index (χ3n) is 7.61. The number of carbonyl (C=O) groups is 4. The van der Waals surface area contributed by atoms with Crippen molar-refractivity contribution in [2.24, 2.45) is 5.16 Å². The first-order valence-electron chi connectivity index (χ1n) is 14.4. The van der Waals surface area contributed by atoms with Gasteiger partial charge in [0.05, 0.1) is 11.1 Å². The van der Waals surface area contributed by atoms with Crippen LogP contribution < -0.4 is 11.1 Å². The number of nitrogens with two attached hydrogens (primary N) is 1. The largest absolute Gasteiger partial charge is 0.504 e. The number of nitrogen functional groups attached to an aromatic ring is 1. The maximum atomic E-state index is 13.5. The molecule has 49 heavy (non-hydrogen) atoms. The van der Waals surface area contributed by atoms with Gasteiger partial charge < -0.3 is 36.3 Å². The van der Waals surface area contributed by atoms with Crippen molar-refractivity contribution in [1.82, 2.24) is 20.2 Å².